The van der Waals surface area contributed by atoms with Crippen LogP contribution in [0.25, 0.3) is 10.2 Å². The molecule has 1 aliphatic rings. The summed E-state index contributed by atoms with van der Waals surface area (Å²) in [5, 5.41) is 3.28. The molecule has 116 valence electrons. The fourth-order valence-electron chi connectivity index (χ4n) is 3.08. The van der Waals surface area contributed by atoms with E-state index in [0.29, 0.717) is 6.04 Å². The minimum Gasteiger partial charge on any atom is -0.318 e. The summed E-state index contributed by atoms with van der Waals surface area (Å²) in [6.45, 7) is 3.22. The van der Waals surface area contributed by atoms with E-state index in [1.807, 2.05) is 14.1 Å². The molecule has 1 N–H and O–H groups in total. The van der Waals surface area contributed by atoms with E-state index in [-0.39, 0.29) is 17.3 Å². The summed E-state index contributed by atoms with van der Waals surface area (Å²) in [4.78, 5) is 14.4. The van der Waals surface area contributed by atoms with Gasteiger partial charge in [0.15, 0.2) is 0 Å². The zero-order valence-electron chi connectivity index (χ0n) is 12.5. The molecule has 0 saturated carbocycles. The fourth-order valence-corrected chi connectivity index (χ4v) is 4.02. The van der Waals surface area contributed by atoms with E-state index in [4.69, 9.17) is 0 Å². The van der Waals surface area contributed by atoms with Gasteiger partial charge in [-0.15, -0.1) is 12.4 Å². The quantitative estimate of drug-likeness (QED) is 0.935. The Morgan fingerprint density at radius 1 is 1.43 bits per heavy atom. The Kier molecular flexibility index (Phi) is 5.43. The van der Waals surface area contributed by atoms with Crippen molar-refractivity contribution in [2.24, 2.45) is 7.05 Å². The van der Waals surface area contributed by atoms with Crippen LogP contribution in [0.4, 0.5) is 0 Å². The lowest BCUT2D eigenvalue weighted by molar-refractivity contribution is 0.242. The number of hydrogen-bond donors (Lipinski definition) is 1. The topological polar surface area (TPSA) is 37.3 Å². The Hall–Kier alpha value is -0.880. The summed E-state index contributed by atoms with van der Waals surface area (Å²) < 4.78 is 2.82. The SMILES string of the molecule is CNCC1CCCN1Cc1ccc2c(c1)sc(=O)n2C.Cl. The number of nitrogens with zero attached hydrogens (tertiary/aromatic N) is 2. The van der Waals surface area contributed by atoms with Gasteiger partial charge in [-0.05, 0) is 44.1 Å². The molecular formula is C15H22ClN3OS. The highest BCUT2D eigenvalue weighted by molar-refractivity contribution is 7.16. The smallest absolute Gasteiger partial charge is 0.307 e. The zero-order chi connectivity index (χ0) is 14.1. The van der Waals surface area contributed by atoms with Gasteiger partial charge < -0.3 is 9.88 Å². The molecule has 6 heteroatoms. The largest absolute Gasteiger partial charge is 0.318 e. The number of thiazole rings is 1. The molecule has 1 aliphatic heterocycles. The third-order valence-corrected chi connectivity index (χ3v) is 5.18. The van der Waals surface area contributed by atoms with Gasteiger partial charge in [0, 0.05) is 26.2 Å². The first-order valence-electron chi connectivity index (χ1n) is 7.16. The highest BCUT2D eigenvalue weighted by atomic mass is 35.5. The monoisotopic (exact) mass is 327 g/mol. The number of aromatic nitrogens is 1. The third-order valence-electron chi connectivity index (χ3n) is 4.18. The number of likely N-dealkylation sites (tertiary alicyclic amines) is 1. The molecule has 0 amide bonds. The number of hydrogen-bond acceptors (Lipinski definition) is 4. The van der Waals surface area contributed by atoms with Gasteiger partial charge in [0.25, 0.3) is 0 Å². The standard InChI is InChI=1S/C15H21N3OS.ClH/c1-16-9-12-4-3-7-18(12)10-11-5-6-13-14(8-11)20-15(19)17(13)2;/h5-6,8,12,16H,3-4,7,9-10H2,1-2H3;1H. The van der Waals surface area contributed by atoms with E-state index in [1.165, 1.54) is 36.3 Å². The molecular weight excluding hydrogens is 306 g/mol. The minimum atomic E-state index is 0. The molecule has 1 saturated heterocycles. The van der Waals surface area contributed by atoms with Crippen molar-refractivity contribution in [3.05, 3.63) is 33.4 Å². The molecule has 2 heterocycles. The highest BCUT2D eigenvalue weighted by Gasteiger charge is 2.23. The zero-order valence-corrected chi connectivity index (χ0v) is 14.1. The van der Waals surface area contributed by atoms with Crippen molar-refractivity contribution in [3.8, 4) is 0 Å². The van der Waals surface area contributed by atoms with Gasteiger partial charge in [0.1, 0.15) is 0 Å². The van der Waals surface area contributed by atoms with Gasteiger partial charge in [-0.2, -0.15) is 0 Å². The van der Waals surface area contributed by atoms with Crippen LogP contribution in [-0.4, -0.2) is 35.6 Å². The van der Waals surface area contributed by atoms with E-state index in [2.05, 4.69) is 28.4 Å². The number of nitrogens with one attached hydrogen (secondary N) is 1. The normalized spacial score (nSPS) is 19.0. The van der Waals surface area contributed by atoms with Crippen molar-refractivity contribution < 1.29 is 0 Å². The minimum absolute atomic E-state index is 0. The highest BCUT2D eigenvalue weighted by Crippen LogP contribution is 2.23. The first-order chi connectivity index (χ1) is 9.69. The van der Waals surface area contributed by atoms with E-state index < -0.39 is 0 Å². The Morgan fingerprint density at radius 3 is 3.00 bits per heavy atom. The van der Waals surface area contributed by atoms with Crippen LogP contribution < -0.4 is 10.2 Å². The molecule has 0 radical (unpaired) electrons. The number of fused-ring (bicyclic) bond motifs is 1. The van der Waals surface area contributed by atoms with Crippen LogP contribution in [0.1, 0.15) is 18.4 Å². The van der Waals surface area contributed by atoms with Gasteiger partial charge in [-0.3, -0.25) is 9.69 Å². The average molecular weight is 328 g/mol. The molecule has 0 spiro atoms. The van der Waals surface area contributed by atoms with Crippen LogP contribution in [0.2, 0.25) is 0 Å². The Balaban J connectivity index is 0.00000161. The molecule has 3 rings (SSSR count). The van der Waals surface area contributed by atoms with Gasteiger partial charge in [-0.25, -0.2) is 0 Å². The lowest BCUT2D eigenvalue weighted by atomic mass is 10.1. The predicted octanol–water partition coefficient (Wildman–Crippen LogP) is 2.21. The molecule has 0 aliphatic carbocycles. The van der Waals surface area contributed by atoms with Crippen molar-refractivity contribution in [1.82, 2.24) is 14.8 Å². The molecule has 1 atom stereocenters. The number of benzene rings is 1. The summed E-state index contributed by atoms with van der Waals surface area (Å²) in [5.74, 6) is 0. The Bertz CT molecular complexity index is 666. The van der Waals surface area contributed by atoms with Gasteiger partial charge >= 0.3 is 4.87 Å². The second-order valence-corrected chi connectivity index (χ2v) is 6.55. The Labute approximate surface area is 135 Å². The third kappa shape index (κ3) is 3.31. The van der Waals surface area contributed by atoms with E-state index >= 15 is 0 Å². The predicted molar refractivity (Wildman–Crippen MR) is 91.7 cm³/mol. The van der Waals surface area contributed by atoms with E-state index in [1.54, 1.807) is 4.57 Å². The van der Waals surface area contributed by atoms with E-state index in [0.717, 1.165) is 23.3 Å². The summed E-state index contributed by atoms with van der Waals surface area (Å²) in [7, 11) is 3.86. The lowest BCUT2D eigenvalue weighted by Crippen LogP contribution is -2.36. The molecule has 2 aromatic rings. The molecule has 1 unspecified atom stereocenters. The summed E-state index contributed by atoms with van der Waals surface area (Å²) in [6.07, 6.45) is 2.56. The first kappa shape index (κ1) is 16.5. The molecule has 0 bridgehead atoms. The molecule has 1 fully saturated rings. The van der Waals surface area contributed by atoms with Crippen LogP contribution in [-0.2, 0) is 13.6 Å². The van der Waals surface area contributed by atoms with Crippen molar-refractivity contribution in [2.75, 3.05) is 20.1 Å². The van der Waals surface area contributed by atoms with Crippen molar-refractivity contribution in [3.63, 3.8) is 0 Å². The van der Waals surface area contributed by atoms with Gasteiger partial charge in [0.05, 0.1) is 10.2 Å². The summed E-state index contributed by atoms with van der Waals surface area (Å²) in [6, 6.07) is 7.05. The van der Waals surface area contributed by atoms with Crippen molar-refractivity contribution in [1.29, 1.82) is 0 Å². The van der Waals surface area contributed by atoms with Crippen LogP contribution in [0, 0.1) is 0 Å². The van der Waals surface area contributed by atoms with E-state index in [9.17, 15) is 4.79 Å². The summed E-state index contributed by atoms with van der Waals surface area (Å²) in [5.41, 5.74) is 2.35. The van der Waals surface area contributed by atoms with Crippen LogP contribution in [0.3, 0.4) is 0 Å². The first-order valence-corrected chi connectivity index (χ1v) is 7.98. The Morgan fingerprint density at radius 2 is 2.24 bits per heavy atom. The van der Waals surface area contributed by atoms with Crippen molar-refractivity contribution >= 4 is 34.0 Å². The lowest BCUT2D eigenvalue weighted by Gasteiger charge is -2.24. The van der Waals surface area contributed by atoms with Crippen LogP contribution >= 0.6 is 23.7 Å². The molecule has 1 aromatic heterocycles. The maximum atomic E-state index is 11.7. The average Bonchev–Trinajstić information content (AvgIpc) is 2.97. The van der Waals surface area contributed by atoms with Gasteiger partial charge in [-0.1, -0.05) is 17.4 Å². The molecule has 4 nitrogen and oxygen atoms in total. The second-order valence-electron chi connectivity index (χ2n) is 5.55. The fraction of sp³-hybridized carbons (Fsp3) is 0.533. The van der Waals surface area contributed by atoms with Crippen LogP contribution in [0.15, 0.2) is 23.0 Å². The summed E-state index contributed by atoms with van der Waals surface area (Å²) >= 11 is 1.34. The van der Waals surface area contributed by atoms with Crippen molar-refractivity contribution in [2.45, 2.75) is 25.4 Å². The number of aryl methyl sites for hydroxylation is 1. The number of halogens is 1. The second kappa shape index (κ2) is 6.92. The maximum Gasteiger partial charge on any atom is 0.307 e. The number of likely N-dealkylation sites (N-methyl/N-ethyl adjacent to an activating group) is 1. The molecule has 1 aromatic carbocycles. The van der Waals surface area contributed by atoms with Gasteiger partial charge in [0.2, 0.25) is 0 Å². The number of rotatable bonds is 4. The maximum absolute atomic E-state index is 11.7. The molecule has 21 heavy (non-hydrogen) atoms. The van der Waals surface area contributed by atoms with Crippen LogP contribution in [0.5, 0.6) is 0 Å².